The summed E-state index contributed by atoms with van der Waals surface area (Å²) >= 11 is 0. The lowest BCUT2D eigenvalue weighted by atomic mass is 9.90. The van der Waals surface area contributed by atoms with E-state index in [0.29, 0.717) is 0 Å². The molecule has 25 heavy (non-hydrogen) atoms. The van der Waals surface area contributed by atoms with E-state index in [2.05, 4.69) is 41.3 Å². The predicted octanol–water partition coefficient (Wildman–Crippen LogP) is 3.54. The van der Waals surface area contributed by atoms with Gasteiger partial charge in [0, 0.05) is 32.7 Å². The zero-order chi connectivity index (χ0) is 17.5. The summed E-state index contributed by atoms with van der Waals surface area (Å²) in [5.41, 5.74) is 2.13. The molecule has 0 N–H and O–H groups in total. The van der Waals surface area contributed by atoms with Crippen molar-refractivity contribution in [2.45, 2.75) is 12.8 Å². The molecule has 1 heterocycles. The second-order valence-electron chi connectivity index (χ2n) is 6.45. The van der Waals surface area contributed by atoms with Crippen molar-refractivity contribution in [2.24, 2.45) is 0 Å². The van der Waals surface area contributed by atoms with Gasteiger partial charge in [-0.1, -0.05) is 72.8 Å². The summed E-state index contributed by atoms with van der Waals surface area (Å²) in [4.78, 5) is 17.7. The number of rotatable bonds is 5. The van der Waals surface area contributed by atoms with Crippen LogP contribution in [0.25, 0.3) is 0 Å². The molecule has 1 amide bonds. The van der Waals surface area contributed by atoms with Crippen LogP contribution in [0.4, 0.5) is 0 Å². The first-order chi connectivity index (χ1) is 12.3. The molecular weight excluding hydrogens is 308 g/mol. The number of hydrogen-bond donors (Lipinski definition) is 0. The summed E-state index contributed by atoms with van der Waals surface area (Å²) in [5, 5.41) is 0. The molecule has 3 nitrogen and oxygen atoms in total. The Kier molecular flexibility index (Phi) is 6.02. The Labute approximate surface area is 150 Å². The van der Waals surface area contributed by atoms with Crippen LogP contribution in [-0.2, 0) is 4.79 Å². The minimum absolute atomic E-state index is 0.211. The zero-order valence-electron chi connectivity index (χ0n) is 14.8. The van der Waals surface area contributed by atoms with E-state index in [-0.39, 0.29) is 11.8 Å². The lowest BCUT2D eigenvalue weighted by molar-refractivity contribution is -0.133. The van der Waals surface area contributed by atoms with Crippen molar-refractivity contribution in [1.82, 2.24) is 9.80 Å². The van der Waals surface area contributed by atoms with Crippen molar-refractivity contribution >= 4 is 5.91 Å². The van der Waals surface area contributed by atoms with Gasteiger partial charge in [-0.2, -0.15) is 0 Å². The van der Waals surface area contributed by atoms with Crippen LogP contribution < -0.4 is 0 Å². The largest absolute Gasteiger partial charge is 0.339 e. The van der Waals surface area contributed by atoms with Crippen LogP contribution in [0.5, 0.6) is 0 Å². The Morgan fingerprint density at radius 3 is 1.92 bits per heavy atom. The fraction of sp³-hybridized carbons (Fsp3) is 0.318. The summed E-state index contributed by atoms with van der Waals surface area (Å²) in [5.74, 6) is -0.00688. The first-order valence-electron chi connectivity index (χ1n) is 9.02. The van der Waals surface area contributed by atoms with Crippen molar-refractivity contribution in [2.75, 3.05) is 32.7 Å². The fourth-order valence-corrected chi connectivity index (χ4v) is 3.36. The SMILES string of the molecule is C/C=C/CN1CCN(C(=O)C(c2ccccc2)c2ccccc2)CC1. The van der Waals surface area contributed by atoms with Gasteiger partial charge in [0.25, 0.3) is 0 Å². The average Bonchev–Trinajstić information content (AvgIpc) is 2.68. The molecule has 3 rings (SSSR count). The van der Waals surface area contributed by atoms with Gasteiger partial charge in [-0.25, -0.2) is 0 Å². The molecule has 1 aliphatic heterocycles. The molecule has 0 spiro atoms. The number of piperazine rings is 1. The lowest BCUT2D eigenvalue weighted by Gasteiger charge is -2.36. The Morgan fingerprint density at radius 2 is 1.44 bits per heavy atom. The highest BCUT2D eigenvalue weighted by Crippen LogP contribution is 2.27. The summed E-state index contributed by atoms with van der Waals surface area (Å²) in [7, 11) is 0. The number of benzene rings is 2. The first kappa shape index (κ1) is 17.4. The molecule has 0 aliphatic carbocycles. The van der Waals surface area contributed by atoms with Gasteiger partial charge in [0.15, 0.2) is 0 Å². The third-order valence-electron chi connectivity index (χ3n) is 4.80. The van der Waals surface area contributed by atoms with Crippen LogP contribution in [0.3, 0.4) is 0 Å². The maximum Gasteiger partial charge on any atom is 0.234 e. The van der Waals surface area contributed by atoms with Crippen molar-refractivity contribution in [3.63, 3.8) is 0 Å². The molecule has 0 radical (unpaired) electrons. The summed E-state index contributed by atoms with van der Waals surface area (Å²) in [6.07, 6.45) is 4.26. The molecule has 2 aromatic rings. The van der Waals surface area contributed by atoms with Gasteiger partial charge in [0.1, 0.15) is 0 Å². The van der Waals surface area contributed by atoms with Gasteiger partial charge in [-0.05, 0) is 18.1 Å². The van der Waals surface area contributed by atoms with Gasteiger partial charge >= 0.3 is 0 Å². The Balaban J connectivity index is 1.77. The number of nitrogens with zero attached hydrogens (tertiary/aromatic N) is 2. The predicted molar refractivity (Wildman–Crippen MR) is 103 cm³/mol. The second kappa shape index (κ2) is 8.63. The quantitative estimate of drug-likeness (QED) is 0.781. The van der Waals surface area contributed by atoms with Gasteiger partial charge in [0.2, 0.25) is 5.91 Å². The standard InChI is InChI=1S/C22H26N2O/c1-2-3-14-23-15-17-24(18-16-23)22(25)21(19-10-6-4-7-11-19)20-12-8-5-9-13-20/h2-13,21H,14-18H2,1H3/b3-2+. The molecule has 0 saturated carbocycles. The van der Waals surface area contributed by atoms with Gasteiger partial charge in [-0.15, -0.1) is 0 Å². The highest BCUT2D eigenvalue weighted by Gasteiger charge is 2.29. The molecule has 1 saturated heterocycles. The van der Waals surface area contributed by atoms with Crippen molar-refractivity contribution in [3.8, 4) is 0 Å². The number of amides is 1. The maximum absolute atomic E-state index is 13.3. The number of carbonyl (C=O) groups is 1. The van der Waals surface area contributed by atoms with Crippen molar-refractivity contribution < 1.29 is 4.79 Å². The minimum Gasteiger partial charge on any atom is -0.339 e. The molecule has 0 atom stereocenters. The molecule has 130 valence electrons. The minimum atomic E-state index is -0.218. The molecule has 1 aliphatic rings. The van der Waals surface area contributed by atoms with Gasteiger partial charge in [0.05, 0.1) is 5.92 Å². The summed E-state index contributed by atoms with van der Waals surface area (Å²) in [6, 6.07) is 20.2. The Morgan fingerprint density at radius 1 is 0.920 bits per heavy atom. The fourth-order valence-electron chi connectivity index (χ4n) is 3.36. The molecule has 2 aromatic carbocycles. The van der Waals surface area contributed by atoms with E-state index in [1.54, 1.807) is 0 Å². The van der Waals surface area contributed by atoms with Crippen LogP contribution in [0.2, 0.25) is 0 Å². The van der Waals surface area contributed by atoms with E-state index < -0.39 is 0 Å². The smallest absolute Gasteiger partial charge is 0.234 e. The third-order valence-corrected chi connectivity index (χ3v) is 4.80. The Bertz CT molecular complexity index is 649. The highest BCUT2D eigenvalue weighted by atomic mass is 16.2. The van der Waals surface area contributed by atoms with Crippen molar-refractivity contribution in [3.05, 3.63) is 83.9 Å². The van der Waals surface area contributed by atoms with E-state index >= 15 is 0 Å². The lowest BCUT2D eigenvalue weighted by Crippen LogP contribution is -2.50. The van der Waals surface area contributed by atoms with E-state index in [1.807, 2.05) is 48.2 Å². The molecule has 0 aromatic heterocycles. The Hall–Kier alpha value is -2.39. The first-order valence-corrected chi connectivity index (χ1v) is 9.02. The number of allylic oxidation sites excluding steroid dienone is 1. The van der Waals surface area contributed by atoms with E-state index in [9.17, 15) is 4.79 Å². The highest BCUT2D eigenvalue weighted by molar-refractivity contribution is 5.87. The topological polar surface area (TPSA) is 23.6 Å². The maximum atomic E-state index is 13.3. The van der Waals surface area contributed by atoms with Crippen LogP contribution in [0, 0.1) is 0 Å². The van der Waals surface area contributed by atoms with E-state index in [0.717, 1.165) is 43.9 Å². The molecule has 1 fully saturated rings. The van der Waals surface area contributed by atoms with Crippen LogP contribution in [0.1, 0.15) is 24.0 Å². The molecule has 0 bridgehead atoms. The molecular formula is C22H26N2O. The third kappa shape index (κ3) is 4.37. The summed E-state index contributed by atoms with van der Waals surface area (Å²) < 4.78 is 0. The average molecular weight is 334 g/mol. The molecule has 3 heteroatoms. The monoisotopic (exact) mass is 334 g/mol. The normalized spacial score (nSPS) is 15.8. The van der Waals surface area contributed by atoms with Crippen LogP contribution >= 0.6 is 0 Å². The summed E-state index contributed by atoms with van der Waals surface area (Å²) in [6.45, 7) is 6.49. The van der Waals surface area contributed by atoms with E-state index in [1.165, 1.54) is 0 Å². The second-order valence-corrected chi connectivity index (χ2v) is 6.45. The van der Waals surface area contributed by atoms with E-state index in [4.69, 9.17) is 0 Å². The number of carbonyl (C=O) groups excluding carboxylic acids is 1. The number of hydrogen-bond acceptors (Lipinski definition) is 2. The van der Waals surface area contributed by atoms with Crippen LogP contribution in [-0.4, -0.2) is 48.4 Å². The molecule has 0 unspecified atom stereocenters. The van der Waals surface area contributed by atoms with Gasteiger partial charge in [-0.3, -0.25) is 9.69 Å². The van der Waals surface area contributed by atoms with Gasteiger partial charge < -0.3 is 4.90 Å². The zero-order valence-corrected chi connectivity index (χ0v) is 14.8. The van der Waals surface area contributed by atoms with Crippen molar-refractivity contribution in [1.29, 1.82) is 0 Å². The van der Waals surface area contributed by atoms with Crippen LogP contribution in [0.15, 0.2) is 72.8 Å².